The highest BCUT2D eigenvalue weighted by molar-refractivity contribution is 5.27. The van der Waals surface area contributed by atoms with Gasteiger partial charge in [0.2, 0.25) is 0 Å². The molecule has 1 aliphatic rings. The molecule has 82 valence electrons. The summed E-state index contributed by atoms with van der Waals surface area (Å²) in [6, 6.07) is 9.08. The van der Waals surface area contributed by atoms with E-state index in [2.05, 4.69) is 24.3 Å². The third-order valence-electron chi connectivity index (χ3n) is 3.54. The number of rotatable bonds is 2. The van der Waals surface area contributed by atoms with Crippen molar-refractivity contribution in [3.8, 4) is 0 Å². The lowest BCUT2D eigenvalue weighted by Crippen LogP contribution is -2.07. The molecule has 1 heteroatoms. The van der Waals surface area contributed by atoms with Crippen molar-refractivity contribution in [2.45, 2.75) is 51.0 Å². The summed E-state index contributed by atoms with van der Waals surface area (Å²) in [5.74, 6) is 0.806. The SMILES string of the molecule is C[C@H](N)c1ccc(C2CCCCC2)cc1. The second-order valence-electron chi connectivity index (χ2n) is 4.79. The van der Waals surface area contributed by atoms with Crippen molar-refractivity contribution in [3.63, 3.8) is 0 Å². The topological polar surface area (TPSA) is 26.0 Å². The van der Waals surface area contributed by atoms with Gasteiger partial charge in [-0.25, -0.2) is 0 Å². The molecule has 0 unspecified atom stereocenters. The molecule has 1 aromatic carbocycles. The van der Waals surface area contributed by atoms with Crippen LogP contribution in [0.2, 0.25) is 0 Å². The highest BCUT2D eigenvalue weighted by Gasteiger charge is 2.15. The lowest BCUT2D eigenvalue weighted by atomic mass is 9.84. The minimum Gasteiger partial charge on any atom is -0.324 e. The molecule has 0 spiro atoms. The van der Waals surface area contributed by atoms with Gasteiger partial charge in [-0.2, -0.15) is 0 Å². The molecule has 2 rings (SSSR count). The van der Waals surface area contributed by atoms with E-state index in [0.717, 1.165) is 5.92 Å². The van der Waals surface area contributed by atoms with Gasteiger partial charge >= 0.3 is 0 Å². The Bertz CT molecular complexity index is 294. The van der Waals surface area contributed by atoms with E-state index in [-0.39, 0.29) is 6.04 Å². The zero-order valence-electron chi connectivity index (χ0n) is 9.58. The summed E-state index contributed by atoms with van der Waals surface area (Å²) in [5, 5.41) is 0. The summed E-state index contributed by atoms with van der Waals surface area (Å²) in [6.45, 7) is 2.04. The van der Waals surface area contributed by atoms with E-state index in [9.17, 15) is 0 Å². The largest absolute Gasteiger partial charge is 0.324 e. The van der Waals surface area contributed by atoms with Crippen LogP contribution in [0.15, 0.2) is 24.3 Å². The number of nitrogens with two attached hydrogens (primary N) is 1. The van der Waals surface area contributed by atoms with Crippen LogP contribution >= 0.6 is 0 Å². The summed E-state index contributed by atoms with van der Waals surface area (Å²) in [4.78, 5) is 0. The Morgan fingerprint density at radius 2 is 1.67 bits per heavy atom. The number of benzene rings is 1. The van der Waals surface area contributed by atoms with Crippen LogP contribution in [0, 0.1) is 0 Å². The number of hydrogen-bond acceptors (Lipinski definition) is 1. The first-order chi connectivity index (χ1) is 7.27. The molecule has 2 N–H and O–H groups in total. The zero-order valence-corrected chi connectivity index (χ0v) is 9.58. The van der Waals surface area contributed by atoms with Crippen LogP contribution in [-0.4, -0.2) is 0 Å². The van der Waals surface area contributed by atoms with Gasteiger partial charge in [0.1, 0.15) is 0 Å². The summed E-state index contributed by atoms with van der Waals surface area (Å²) < 4.78 is 0. The molecule has 0 bridgehead atoms. The molecule has 1 fully saturated rings. The molecule has 0 amide bonds. The van der Waals surface area contributed by atoms with Gasteiger partial charge in [0.25, 0.3) is 0 Å². The Morgan fingerprint density at radius 3 is 2.20 bits per heavy atom. The van der Waals surface area contributed by atoms with Gasteiger partial charge in [-0.3, -0.25) is 0 Å². The summed E-state index contributed by atoms with van der Waals surface area (Å²) >= 11 is 0. The monoisotopic (exact) mass is 203 g/mol. The van der Waals surface area contributed by atoms with Crippen LogP contribution in [0.4, 0.5) is 0 Å². The Balaban J connectivity index is 2.08. The Hall–Kier alpha value is -0.820. The molecular weight excluding hydrogens is 182 g/mol. The van der Waals surface area contributed by atoms with Crippen LogP contribution < -0.4 is 5.73 Å². The van der Waals surface area contributed by atoms with E-state index in [1.54, 1.807) is 0 Å². The molecule has 1 aromatic rings. The lowest BCUT2D eigenvalue weighted by molar-refractivity contribution is 0.443. The first-order valence-corrected chi connectivity index (χ1v) is 6.13. The van der Waals surface area contributed by atoms with Crippen LogP contribution in [0.3, 0.4) is 0 Å². The second-order valence-corrected chi connectivity index (χ2v) is 4.79. The fraction of sp³-hybridized carbons (Fsp3) is 0.571. The zero-order chi connectivity index (χ0) is 10.7. The Morgan fingerprint density at radius 1 is 1.07 bits per heavy atom. The van der Waals surface area contributed by atoms with E-state index in [1.165, 1.54) is 43.2 Å². The van der Waals surface area contributed by atoms with Gasteiger partial charge in [-0.15, -0.1) is 0 Å². The average Bonchev–Trinajstić information content (AvgIpc) is 2.30. The minimum atomic E-state index is 0.158. The first-order valence-electron chi connectivity index (χ1n) is 6.13. The third-order valence-corrected chi connectivity index (χ3v) is 3.54. The van der Waals surface area contributed by atoms with Crippen LogP contribution in [0.5, 0.6) is 0 Å². The fourth-order valence-corrected chi connectivity index (χ4v) is 2.51. The van der Waals surface area contributed by atoms with Gasteiger partial charge in [0, 0.05) is 6.04 Å². The summed E-state index contributed by atoms with van der Waals surface area (Å²) in [5.41, 5.74) is 8.60. The van der Waals surface area contributed by atoms with E-state index >= 15 is 0 Å². The minimum absolute atomic E-state index is 0.158. The summed E-state index contributed by atoms with van der Waals surface area (Å²) in [7, 11) is 0. The van der Waals surface area contributed by atoms with Crippen molar-refractivity contribution in [1.82, 2.24) is 0 Å². The van der Waals surface area contributed by atoms with Crippen LogP contribution in [0.1, 0.15) is 62.1 Å². The molecule has 0 saturated heterocycles. The van der Waals surface area contributed by atoms with Crippen molar-refractivity contribution < 1.29 is 0 Å². The maximum atomic E-state index is 5.84. The molecule has 1 nitrogen and oxygen atoms in total. The van der Waals surface area contributed by atoms with Gasteiger partial charge < -0.3 is 5.73 Å². The highest BCUT2D eigenvalue weighted by atomic mass is 14.6. The number of hydrogen-bond donors (Lipinski definition) is 1. The van der Waals surface area contributed by atoms with Crippen molar-refractivity contribution in [2.24, 2.45) is 5.73 Å². The van der Waals surface area contributed by atoms with Crippen molar-refractivity contribution in [2.75, 3.05) is 0 Å². The lowest BCUT2D eigenvalue weighted by Gasteiger charge is -2.22. The second kappa shape index (κ2) is 4.80. The predicted molar refractivity (Wildman–Crippen MR) is 64.9 cm³/mol. The third kappa shape index (κ3) is 2.60. The van der Waals surface area contributed by atoms with Crippen molar-refractivity contribution in [1.29, 1.82) is 0 Å². The average molecular weight is 203 g/mol. The Kier molecular flexibility index (Phi) is 3.42. The Labute approximate surface area is 92.7 Å². The molecule has 1 atom stereocenters. The highest BCUT2D eigenvalue weighted by Crippen LogP contribution is 2.32. The predicted octanol–water partition coefficient (Wildman–Crippen LogP) is 3.75. The van der Waals surface area contributed by atoms with E-state index in [4.69, 9.17) is 5.73 Å². The maximum Gasteiger partial charge on any atom is 0.0266 e. The van der Waals surface area contributed by atoms with Gasteiger partial charge in [0.15, 0.2) is 0 Å². The maximum absolute atomic E-state index is 5.84. The molecule has 1 saturated carbocycles. The van der Waals surface area contributed by atoms with Crippen molar-refractivity contribution in [3.05, 3.63) is 35.4 Å². The van der Waals surface area contributed by atoms with Gasteiger partial charge in [-0.05, 0) is 36.8 Å². The van der Waals surface area contributed by atoms with E-state index in [1.807, 2.05) is 6.92 Å². The molecule has 1 aliphatic carbocycles. The molecule has 15 heavy (non-hydrogen) atoms. The van der Waals surface area contributed by atoms with Crippen molar-refractivity contribution >= 4 is 0 Å². The molecule has 0 radical (unpaired) electrons. The molecule has 0 aromatic heterocycles. The molecule has 0 aliphatic heterocycles. The quantitative estimate of drug-likeness (QED) is 0.778. The van der Waals surface area contributed by atoms with Crippen LogP contribution in [0.25, 0.3) is 0 Å². The summed E-state index contributed by atoms with van der Waals surface area (Å²) in [6.07, 6.45) is 6.98. The van der Waals surface area contributed by atoms with Crippen LogP contribution in [-0.2, 0) is 0 Å². The fourth-order valence-electron chi connectivity index (χ4n) is 2.51. The standard InChI is InChI=1S/C14H21N/c1-11(15)12-7-9-14(10-8-12)13-5-3-2-4-6-13/h7-11,13H,2-6,15H2,1H3/t11-/m0/s1. The van der Waals surface area contributed by atoms with Gasteiger partial charge in [-0.1, -0.05) is 43.5 Å². The smallest absolute Gasteiger partial charge is 0.0266 e. The van der Waals surface area contributed by atoms with E-state index in [0.29, 0.717) is 0 Å². The van der Waals surface area contributed by atoms with E-state index < -0.39 is 0 Å². The normalized spacial score (nSPS) is 20.1. The van der Waals surface area contributed by atoms with Gasteiger partial charge in [0.05, 0.1) is 0 Å². The first kappa shape index (κ1) is 10.7. The molecular formula is C14H21N. The molecule has 0 heterocycles.